The predicted molar refractivity (Wildman–Crippen MR) is 465 cm³/mol. The molecule has 4 heterocycles. The lowest BCUT2D eigenvalue weighted by Gasteiger charge is -2.43. The minimum absolute atomic E-state index is 0.338. The fraction of sp³-hybridized carbons (Fsp3) is 1.00. The second-order valence-corrected chi connectivity index (χ2v) is 51.2. The van der Waals surface area contributed by atoms with Crippen LogP contribution in [-0.4, -0.2) is 116 Å². The summed E-state index contributed by atoms with van der Waals surface area (Å²) in [5, 5.41) is 12.4. The van der Waals surface area contributed by atoms with Crippen LogP contribution in [0.2, 0.25) is 36.3 Å². The monoisotopic (exact) mass is 1660 g/mol. The molecule has 12 atom stereocenters. The van der Waals surface area contributed by atoms with Gasteiger partial charge in [-0.05, 0) is 52.0 Å². The number of hydrogen-bond acceptors (Lipinski definition) is 13. The quantitative estimate of drug-likeness (QED) is 0.0301. The molecule has 0 aromatic rings. The highest BCUT2D eigenvalue weighted by atomic mass is 35.5. The molecule has 0 aromatic carbocycles. The van der Waals surface area contributed by atoms with Crippen molar-refractivity contribution in [2.24, 2.45) is 0 Å². The zero-order chi connectivity index (χ0) is 76.9. The molecule has 3 N–H and O–H groups in total. The highest BCUT2D eigenvalue weighted by Gasteiger charge is 2.73. The van der Waals surface area contributed by atoms with Gasteiger partial charge in [0, 0.05) is 42.0 Å². The Labute approximate surface area is 679 Å². The maximum atomic E-state index is 13.2. The fourth-order valence-electron chi connectivity index (χ4n) is 17.1. The van der Waals surface area contributed by atoms with E-state index in [-0.39, 0.29) is 0 Å². The lowest BCUT2D eigenvalue weighted by atomic mass is 9.97. The smallest absolute Gasteiger partial charge is 0.413 e. The van der Waals surface area contributed by atoms with Gasteiger partial charge in [0.2, 0.25) is 0 Å². The van der Waals surface area contributed by atoms with E-state index in [4.69, 9.17) is 65.9 Å². The van der Waals surface area contributed by atoms with Crippen LogP contribution < -0.4 is 0 Å². The molecule has 636 valence electrons. The molecule has 4 saturated heterocycles. The Morgan fingerprint density at radius 3 is 0.897 bits per heavy atom. The van der Waals surface area contributed by atoms with Crippen molar-refractivity contribution in [2.45, 2.75) is 538 Å². The van der Waals surface area contributed by atoms with E-state index < -0.39 is 89.9 Å². The van der Waals surface area contributed by atoms with Crippen LogP contribution >= 0.6 is 23.2 Å². The van der Waals surface area contributed by atoms with Crippen LogP contribution in [0.15, 0.2) is 0 Å². The van der Waals surface area contributed by atoms with E-state index >= 15 is 0 Å². The van der Waals surface area contributed by atoms with Crippen LogP contribution in [0.1, 0.15) is 465 Å². The van der Waals surface area contributed by atoms with Crippen molar-refractivity contribution in [3.8, 4) is 0 Å². The van der Waals surface area contributed by atoms with Crippen LogP contribution in [-0.2, 0) is 42.7 Å². The molecule has 4 fully saturated rings. The van der Waals surface area contributed by atoms with Crippen molar-refractivity contribution < 1.29 is 57.4 Å². The van der Waals surface area contributed by atoms with Gasteiger partial charge in [-0.3, -0.25) is 0 Å². The second kappa shape index (κ2) is 65.3. The summed E-state index contributed by atoms with van der Waals surface area (Å²) < 4.78 is 75.8. The Bertz CT molecular complexity index is 1980. The van der Waals surface area contributed by atoms with Gasteiger partial charge in [0.25, 0.3) is 0 Å². The normalized spacial score (nSPS) is 25.8. The molecule has 4 aliphatic heterocycles. The van der Waals surface area contributed by atoms with Crippen LogP contribution in [0.4, 0.5) is 0 Å². The number of aliphatic hydroxyl groups excluding tert-OH is 1. The zero-order valence-electron chi connectivity index (χ0n) is 71.0. The summed E-state index contributed by atoms with van der Waals surface area (Å²) in [5.74, 6) is 0.696. The summed E-state index contributed by atoms with van der Waals surface area (Å²) in [6, 6.07) is 2.60. The first-order chi connectivity index (χ1) is 52.3. The SMILES string of the molecule is CCCCCCCCCCCCCCCCCC[SiH](O)O[Si]1(CCCCl)OC(C(C)O)C2O[Si](CCCCCCCCCCCCCCCCCC)(O1)O[Si]1(CCCCCCCCCCCCCCCCCC)OC2C2O[Si](CCCCl)(O[Si](O)(CCCCCCCCCCCCCCCCCC)OC2C)O1. The highest BCUT2D eigenvalue weighted by molar-refractivity contribution is 6.86. The molecule has 21 heteroatoms. The number of halogens is 2. The molecule has 6 bridgehead atoms. The second-order valence-electron chi connectivity index (χ2n) is 34.2. The van der Waals surface area contributed by atoms with Crippen molar-refractivity contribution in [1.82, 2.24) is 0 Å². The van der Waals surface area contributed by atoms with Crippen molar-refractivity contribution in [1.29, 1.82) is 0 Å². The molecule has 0 spiro atoms. The Balaban J connectivity index is 1.61. The van der Waals surface area contributed by atoms with Gasteiger partial charge in [0.15, 0.2) is 0 Å². The topological polar surface area (TPSA) is 153 Å². The maximum absolute atomic E-state index is 13.2. The number of aliphatic hydroxyl groups is 1. The van der Waals surface area contributed by atoms with Gasteiger partial charge in [-0.2, -0.15) is 0 Å². The fourth-order valence-corrected chi connectivity index (χ4v) is 43.4. The van der Waals surface area contributed by atoms with Gasteiger partial charge >= 0.3 is 53.3 Å². The third-order valence-corrected chi connectivity index (χ3v) is 45.7. The molecule has 4 rings (SSSR count). The molecule has 4 aliphatic rings. The number of alkyl halides is 2. The largest absolute Gasteiger partial charge is 0.491 e. The van der Waals surface area contributed by atoms with Gasteiger partial charge in [0.1, 0.15) is 24.4 Å². The summed E-state index contributed by atoms with van der Waals surface area (Å²) in [6.45, 7) is 12.9. The summed E-state index contributed by atoms with van der Waals surface area (Å²) in [5.41, 5.74) is 0. The number of hydrogen-bond donors (Lipinski definition) is 3. The molecule has 0 amide bonds. The number of rotatable bonds is 77. The summed E-state index contributed by atoms with van der Waals surface area (Å²) in [7, 11) is -23.3. The van der Waals surface area contributed by atoms with E-state index in [9.17, 15) is 14.7 Å². The third-order valence-electron chi connectivity index (χ3n) is 23.7. The lowest BCUT2D eigenvalue weighted by molar-refractivity contribution is -0.119. The predicted octanol–water partition coefficient (Wildman–Crippen LogP) is 27.7. The van der Waals surface area contributed by atoms with Crippen molar-refractivity contribution in [2.75, 3.05) is 11.8 Å². The van der Waals surface area contributed by atoms with Crippen LogP contribution in [0, 0.1) is 0 Å². The summed E-state index contributed by atoms with van der Waals surface area (Å²) >= 11 is 13.4. The average Bonchev–Trinajstić information content (AvgIpc) is 1.57. The Hall–Kier alpha value is 1.36. The maximum Gasteiger partial charge on any atom is 0.491 e. The number of unbranched alkanes of at least 4 members (excludes halogenated alkanes) is 60. The van der Waals surface area contributed by atoms with Crippen LogP contribution in [0.25, 0.3) is 0 Å². The molecule has 107 heavy (non-hydrogen) atoms. The van der Waals surface area contributed by atoms with E-state index in [1.807, 2.05) is 6.92 Å². The Morgan fingerprint density at radius 1 is 0.308 bits per heavy atom. The molecule has 12 unspecified atom stereocenters. The molecule has 13 nitrogen and oxygen atoms in total. The van der Waals surface area contributed by atoms with E-state index in [1.165, 1.54) is 334 Å². The summed E-state index contributed by atoms with van der Waals surface area (Å²) in [6.07, 6.45) is 76.3. The van der Waals surface area contributed by atoms with Gasteiger partial charge < -0.3 is 57.4 Å². The summed E-state index contributed by atoms with van der Waals surface area (Å²) in [4.78, 5) is 25.6. The minimum Gasteiger partial charge on any atom is -0.413 e. The molecular weight excluding hydrogens is 1480 g/mol. The van der Waals surface area contributed by atoms with Crippen molar-refractivity contribution in [3.05, 3.63) is 0 Å². The molecular formula is C86H176Cl2O13Si6. The number of fused-ring (bicyclic) bond motifs is 8. The standard InChI is InChI=1S/C86H176Cl2O13Si6/c1-7-11-15-19-23-27-31-35-39-43-47-51-55-59-63-67-75-102(90)97-104(79-71-73-87)93-83(81(5)89)85-86-84-82(6)92-103(91,76-68-64-60-56-52-48-44-40-36-32-28-24-20-16-12-8-2)98-105(94-84,80-72-74-88)100-107(96-86,78-70-66-62-58-54-50-46-42-38-34-30-26-22-18-14-10-4)101-106(95-85,99-104)77-69-65-61-57-53-49-45-41-37-33-29-25-21-17-13-9-3/h81-86,89-91,102H,7-80H2,1-6H3. The van der Waals surface area contributed by atoms with Gasteiger partial charge in [-0.1, -0.05) is 419 Å². The zero-order valence-corrected chi connectivity index (χ0v) is 78.7. The lowest BCUT2D eigenvalue weighted by Crippen LogP contribution is -2.67. The molecule has 0 aliphatic carbocycles. The van der Waals surface area contributed by atoms with Gasteiger partial charge in [0.05, 0.1) is 12.2 Å². The first-order valence-electron chi connectivity index (χ1n) is 47.4. The minimum atomic E-state index is -4.12. The van der Waals surface area contributed by atoms with Gasteiger partial charge in [-0.15, -0.1) is 23.2 Å². The van der Waals surface area contributed by atoms with Crippen LogP contribution in [0.5, 0.6) is 0 Å². The third kappa shape index (κ3) is 46.3. The van der Waals surface area contributed by atoms with E-state index in [2.05, 4.69) is 27.7 Å². The van der Waals surface area contributed by atoms with E-state index in [0.717, 1.165) is 77.0 Å². The average molecular weight is 1660 g/mol. The van der Waals surface area contributed by atoms with Crippen molar-refractivity contribution >= 4 is 76.5 Å². The van der Waals surface area contributed by atoms with E-state index in [0.29, 0.717) is 60.9 Å². The van der Waals surface area contributed by atoms with Crippen LogP contribution in [0.3, 0.4) is 0 Å². The Morgan fingerprint density at radius 2 is 0.570 bits per heavy atom. The molecule has 0 aromatic heterocycles. The first-order valence-corrected chi connectivity index (χ1v) is 59.9. The van der Waals surface area contributed by atoms with E-state index in [1.54, 1.807) is 6.92 Å². The highest BCUT2D eigenvalue weighted by Crippen LogP contribution is 2.50. The van der Waals surface area contributed by atoms with Gasteiger partial charge in [-0.25, -0.2) is 0 Å². The molecule has 0 saturated carbocycles. The Kier molecular flexibility index (Phi) is 61.5. The molecule has 0 radical (unpaired) electrons. The van der Waals surface area contributed by atoms with Crippen molar-refractivity contribution in [3.63, 3.8) is 0 Å². The first kappa shape index (κ1) is 101.